The van der Waals surface area contributed by atoms with Crippen LogP contribution in [0.4, 0.5) is 8.78 Å². The molecule has 3 aromatic carbocycles. The molecule has 10 heteroatoms. The van der Waals surface area contributed by atoms with Gasteiger partial charge in [0.1, 0.15) is 11.6 Å². The van der Waals surface area contributed by atoms with Crippen molar-refractivity contribution in [2.45, 2.75) is 12.6 Å². The average molecular weight is 602 g/mol. The molecule has 2 heterocycles. The average Bonchev–Trinajstić information content (AvgIpc) is 2.89. The van der Waals surface area contributed by atoms with Gasteiger partial charge < -0.3 is 5.11 Å². The van der Waals surface area contributed by atoms with Gasteiger partial charge in [-0.25, -0.2) is 17.2 Å². The first-order valence-electron chi connectivity index (χ1n) is 13.6. The molecule has 3 aromatic rings. The lowest BCUT2D eigenvalue weighted by Crippen LogP contribution is -2.46. The van der Waals surface area contributed by atoms with Crippen LogP contribution < -0.4 is 0 Å². The first-order valence-corrected chi connectivity index (χ1v) is 15.9. The third-order valence-electron chi connectivity index (χ3n) is 7.74. The summed E-state index contributed by atoms with van der Waals surface area (Å²) < 4.78 is 53.4. The van der Waals surface area contributed by atoms with Gasteiger partial charge in [0.05, 0.1) is 17.6 Å². The fourth-order valence-corrected chi connectivity index (χ4v) is 7.10. The standard InChI is InChI=1S/C31H34ClF2N3O3S/c1-41(39,40)31(25-16-28(33)18-29(34)17-25)26-20-37(21-26)30(24-6-8-27(32)9-7-24)23-4-2-22(3-5-23)19-36-12-10-35(11-13-36)14-15-38/h2-9,16-18,30,38H,10-15,19-21H2,1H3/t30-/m1/s1. The molecule has 41 heavy (non-hydrogen) atoms. The van der Waals surface area contributed by atoms with Crippen LogP contribution in [0.25, 0.3) is 4.91 Å². The minimum Gasteiger partial charge on any atom is -0.395 e. The maximum atomic E-state index is 14.0. The summed E-state index contributed by atoms with van der Waals surface area (Å²) in [6.07, 6.45) is 1.07. The highest BCUT2D eigenvalue weighted by atomic mass is 35.5. The predicted molar refractivity (Wildman–Crippen MR) is 158 cm³/mol. The Morgan fingerprint density at radius 1 is 0.878 bits per heavy atom. The van der Waals surface area contributed by atoms with E-state index in [2.05, 4.69) is 39.0 Å². The van der Waals surface area contributed by atoms with Crippen LogP contribution in [0, 0.1) is 11.6 Å². The number of halogens is 3. The normalized spacial score (nSPS) is 17.8. The van der Waals surface area contributed by atoms with E-state index in [9.17, 15) is 22.3 Å². The molecule has 0 aliphatic carbocycles. The highest BCUT2D eigenvalue weighted by Crippen LogP contribution is 2.39. The summed E-state index contributed by atoms with van der Waals surface area (Å²) in [5.41, 5.74) is 3.92. The van der Waals surface area contributed by atoms with E-state index in [-0.39, 0.29) is 23.1 Å². The lowest BCUT2D eigenvalue weighted by molar-refractivity contribution is 0.108. The van der Waals surface area contributed by atoms with Crippen molar-refractivity contribution >= 4 is 26.3 Å². The molecule has 0 radical (unpaired) electrons. The smallest absolute Gasteiger partial charge is 0.176 e. The lowest BCUT2D eigenvalue weighted by atomic mass is 9.91. The van der Waals surface area contributed by atoms with E-state index in [1.165, 1.54) is 5.56 Å². The van der Waals surface area contributed by atoms with Gasteiger partial charge in [0, 0.05) is 69.7 Å². The first kappa shape index (κ1) is 29.8. The fourth-order valence-electron chi connectivity index (χ4n) is 5.77. The van der Waals surface area contributed by atoms with Gasteiger partial charge >= 0.3 is 0 Å². The largest absolute Gasteiger partial charge is 0.395 e. The second-order valence-electron chi connectivity index (χ2n) is 10.8. The van der Waals surface area contributed by atoms with Crippen molar-refractivity contribution in [2.24, 2.45) is 0 Å². The number of hydrogen-bond donors (Lipinski definition) is 1. The first-order chi connectivity index (χ1) is 19.6. The summed E-state index contributed by atoms with van der Waals surface area (Å²) in [6.45, 7) is 6.22. The second kappa shape index (κ2) is 12.7. The van der Waals surface area contributed by atoms with Crippen LogP contribution in [0.15, 0.2) is 72.3 Å². The highest BCUT2D eigenvalue weighted by Gasteiger charge is 2.35. The molecule has 0 bridgehead atoms. The minimum atomic E-state index is -3.74. The summed E-state index contributed by atoms with van der Waals surface area (Å²) in [6, 6.07) is 18.8. The Morgan fingerprint density at radius 2 is 1.41 bits per heavy atom. The van der Waals surface area contributed by atoms with Gasteiger partial charge in [0.15, 0.2) is 9.84 Å². The van der Waals surface area contributed by atoms with Gasteiger partial charge in [0.2, 0.25) is 0 Å². The number of rotatable bonds is 9. The number of benzene rings is 3. The molecule has 2 aliphatic heterocycles. The van der Waals surface area contributed by atoms with Crippen LogP contribution in [0.3, 0.4) is 0 Å². The molecule has 0 amide bonds. The number of hydrogen-bond acceptors (Lipinski definition) is 6. The number of β-amino-alcohol motifs (C(OH)–C–C–N with tert-alkyl or cyclic N) is 1. The molecule has 0 spiro atoms. The second-order valence-corrected chi connectivity index (χ2v) is 13.2. The van der Waals surface area contributed by atoms with Gasteiger partial charge in [-0.15, -0.1) is 0 Å². The Bertz CT molecular complexity index is 1480. The van der Waals surface area contributed by atoms with Crippen LogP contribution in [0.2, 0.25) is 5.02 Å². The lowest BCUT2D eigenvalue weighted by Gasteiger charge is -2.42. The van der Waals surface area contributed by atoms with Gasteiger partial charge in [-0.1, -0.05) is 48.0 Å². The molecule has 1 atom stereocenters. The van der Waals surface area contributed by atoms with Crippen LogP contribution >= 0.6 is 11.6 Å². The van der Waals surface area contributed by atoms with E-state index in [1.807, 2.05) is 24.3 Å². The number of sulfone groups is 1. The molecule has 218 valence electrons. The van der Waals surface area contributed by atoms with E-state index in [0.717, 1.165) is 68.3 Å². The molecule has 0 unspecified atom stereocenters. The fraction of sp³-hybridized carbons (Fsp3) is 0.355. The Morgan fingerprint density at radius 3 is 1.95 bits per heavy atom. The van der Waals surface area contributed by atoms with Crippen molar-refractivity contribution in [3.05, 3.63) is 111 Å². The molecule has 2 saturated heterocycles. The zero-order chi connectivity index (χ0) is 29.1. The Labute approximate surface area is 245 Å². The summed E-state index contributed by atoms with van der Waals surface area (Å²) in [7, 11) is -3.74. The molecule has 1 N–H and O–H groups in total. The quantitative estimate of drug-likeness (QED) is 0.387. The summed E-state index contributed by atoms with van der Waals surface area (Å²) >= 11 is 6.17. The van der Waals surface area contributed by atoms with Gasteiger partial charge in [0.25, 0.3) is 0 Å². The molecule has 0 aromatic heterocycles. The van der Waals surface area contributed by atoms with Crippen LogP contribution in [-0.4, -0.2) is 86.9 Å². The number of aliphatic hydroxyl groups is 1. The molecular formula is C31H34ClF2N3O3S. The minimum absolute atomic E-state index is 0.0172. The summed E-state index contributed by atoms with van der Waals surface area (Å²) in [5, 5.41) is 9.80. The third kappa shape index (κ3) is 7.23. The predicted octanol–water partition coefficient (Wildman–Crippen LogP) is 4.59. The summed E-state index contributed by atoms with van der Waals surface area (Å²) in [4.78, 5) is 6.81. The number of nitrogens with zero attached hydrogens (tertiary/aromatic N) is 3. The Balaban J connectivity index is 1.38. The van der Waals surface area contributed by atoms with Crippen molar-refractivity contribution in [3.8, 4) is 0 Å². The molecular weight excluding hydrogens is 568 g/mol. The maximum absolute atomic E-state index is 14.0. The van der Waals surface area contributed by atoms with E-state index in [1.54, 1.807) is 0 Å². The Hall–Kier alpha value is -2.66. The summed E-state index contributed by atoms with van der Waals surface area (Å²) in [5.74, 6) is -1.63. The highest BCUT2D eigenvalue weighted by molar-refractivity contribution is 8.00. The molecule has 5 rings (SSSR count). The SMILES string of the molecule is CS(=O)(=O)C(=C1CN([C@@H](c2ccc(Cl)cc2)c2ccc(CN3CCN(CCO)CC3)cc2)C1)c1cc(F)cc(F)c1. The van der Waals surface area contributed by atoms with Crippen molar-refractivity contribution in [3.63, 3.8) is 0 Å². The monoisotopic (exact) mass is 601 g/mol. The van der Waals surface area contributed by atoms with Crippen molar-refractivity contribution in [2.75, 3.05) is 58.7 Å². The van der Waals surface area contributed by atoms with Crippen LogP contribution in [-0.2, 0) is 16.4 Å². The van der Waals surface area contributed by atoms with E-state index in [4.69, 9.17) is 11.6 Å². The number of likely N-dealkylation sites (tertiary alicyclic amines) is 1. The third-order valence-corrected chi connectivity index (χ3v) is 9.26. The van der Waals surface area contributed by atoms with Crippen molar-refractivity contribution in [1.29, 1.82) is 0 Å². The van der Waals surface area contributed by atoms with Crippen LogP contribution in [0.1, 0.15) is 28.3 Å². The maximum Gasteiger partial charge on any atom is 0.176 e. The zero-order valence-corrected chi connectivity index (χ0v) is 24.5. The van der Waals surface area contributed by atoms with Gasteiger partial charge in [-0.3, -0.25) is 14.7 Å². The number of aliphatic hydroxyl groups excluding tert-OH is 1. The molecule has 2 aliphatic rings. The molecule has 2 fully saturated rings. The number of piperazine rings is 1. The van der Waals surface area contributed by atoms with Gasteiger partial charge in [-0.05, 0) is 52.1 Å². The van der Waals surface area contributed by atoms with Gasteiger partial charge in [-0.2, -0.15) is 0 Å². The van der Waals surface area contributed by atoms with E-state index < -0.39 is 21.5 Å². The zero-order valence-electron chi connectivity index (χ0n) is 22.9. The van der Waals surface area contributed by atoms with E-state index in [0.29, 0.717) is 30.2 Å². The van der Waals surface area contributed by atoms with Crippen molar-refractivity contribution in [1.82, 2.24) is 14.7 Å². The molecule has 6 nitrogen and oxygen atoms in total. The van der Waals surface area contributed by atoms with E-state index >= 15 is 0 Å². The Kier molecular flexibility index (Phi) is 9.23. The van der Waals surface area contributed by atoms with Crippen molar-refractivity contribution < 1.29 is 22.3 Å². The molecule has 0 saturated carbocycles. The topological polar surface area (TPSA) is 64.1 Å². The van der Waals surface area contributed by atoms with Crippen LogP contribution in [0.5, 0.6) is 0 Å².